The molecule has 2 fully saturated rings. The SMILES string of the molecule is Cc1cc(C)n(CCCN(C)C[C@@H]2CCCN3CCCC[C@H]23)n1. The molecule has 4 nitrogen and oxygen atoms in total. The summed E-state index contributed by atoms with van der Waals surface area (Å²) in [6.07, 6.45) is 8.33. The zero-order valence-electron chi connectivity index (χ0n) is 15.3. The molecule has 0 radical (unpaired) electrons. The summed E-state index contributed by atoms with van der Waals surface area (Å²) in [4.78, 5) is 5.34. The van der Waals surface area contributed by atoms with Crippen molar-refractivity contribution < 1.29 is 0 Å². The molecule has 0 aromatic carbocycles. The molecule has 4 heteroatoms. The summed E-state index contributed by atoms with van der Waals surface area (Å²) in [6, 6.07) is 3.04. The van der Waals surface area contributed by atoms with Crippen LogP contribution in [-0.2, 0) is 6.54 Å². The third kappa shape index (κ3) is 4.36. The highest BCUT2D eigenvalue weighted by Crippen LogP contribution is 2.31. The first-order chi connectivity index (χ1) is 11.1. The van der Waals surface area contributed by atoms with Gasteiger partial charge in [0.15, 0.2) is 0 Å². The van der Waals surface area contributed by atoms with Crippen molar-refractivity contribution in [2.75, 3.05) is 33.2 Å². The number of hydrogen-bond acceptors (Lipinski definition) is 3. The van der Waals surface area contributed by atoms with Crippen molar-refractivity contribution in [2.24, 2.45) is 5.92 Å². The predicted octanol–water partition coefficient (Wildman–Crippen LogP) is 3.09. The maximum Gasteiger partial charge on any atom is 0.0596 e. The van der Waals surface area contributed by atoms with Crippen LogP contribution in [0.2, 0.25) is 0 Å². The van der Waals surface area contributed by atoms with E-state index in [1.165, 1.54) is 70.4 Å². The molecule has 0 amide bonds. The van der Waals surface area contributed by atoms with Crippen molar-refractivity contribution in [3.63, 3.8) is 0 Å². The van der Waals surface area contributed by atoms with Gasteiger partial charge in [-0.2, -0.15) is 5.10 Å². The lowest BCUT2D eigenvalue weighted by Crippen LogP contribution is -2.50. The van der Waals surface area contributed by atoms with Crippen molar-refractivity contribution >= 4 is 0 Å². The molecule has 1 aromatic rings. The smallest absolute Gasteiger partial charge is 0.0596 e. The van der Waals surface area contributed by atoms with Crippen LogP contribution in [0.3, 0.4) is 0 Å². The van der Waals surface area contributed by atoms with E-state index in [1.807, 2.05) is 0 Å². The highest BCUT2D eigenvalue weighted by Gasteiger charge is 2.33. The number of piperidine rings is 2. The van der Waals surface area contributed by atoms with Gasteiger partial charge in [0, 0.05) is 24.8 Å². The van der Waals surface area contributed by atoms with Crippen LogP contribution < -0.4 is 0 Å². The summed E-state index contributed by atoms with van der Waals surface area (Å²) in [5.74, 6) is 0.891. The number of nitrogens with zero attached hydrogens (tertiary/aromatic N) is 4. The highest BCUT2D eigenvalue weighted by molar-refractivity contribution is 5.06. The van der Waals surface area contributed by atoms with E-state index in [0.29, 0.717) is 0 Å². The number of hydrogen-bond donors (Lipinski definition) is 0. The van der Waals surface area contributed by atoms with E-state index in [2.05, 4.69) is 46.5 Å². The monoisotopic (exact) mass is 318 g/mol. The van der Waals surface area contributed by atoms with Gasteiger partial charge >= 0.3 is 0 Å². The lowest BCUT2D eigenvalue weighted by molar-refractivity contribution is 0.0442. The lowest BCUT2D eigenvalue weighted by Gasteiger charge is -2.45. The van der Waals surface area contributed by atoms with Gasteiger partial charge in [-0.25, -0.2) is 0 Å². The quantitative estimate of drug-likeness (QED) is 0.805. The Labute approximate surface area is 141 Å². The molecule has 130 valence electrons. The van der Waals surface area contributed by atoms with Crippen LogP contribution in [0.5, 0.6) is 0 Å². The third-order valence-corrected chi connectivity index (χ3v) is 5.79. The first-order valence-electron chi connectivity index (χ1n) is 9.57. The molecule has 0 unspecified atom stereocenters. The summed E-state index contributed by atoms with van der Waals surface area (Å²) < 4.78 is 2.16. The molecule has 2 aliphatic rings. The molecule has 1 aromatic heterocycles. The van der Waals surface area contributed by atoms with Crippen molar-refractivity contribution in [3.8, 4) is 0 Å². The van der Waals surface area contributed by atoms with Crippen LogP contribution in [0.25, 0.3) is 0 Å². The molecule has 2 atom stereocenters. The normalized spacial score (nSPS) is 25.7. The van der Waals surface area contributed by atoms with Gasteiger partial charge in [-0.3, -0.25) is 4.68 Å². The second kappa shape index (κ2) is 7.80. The van der Waals surface area contributed by atoms with E-state index in [4.69, 9.17) is 0 Å². The first kappa shape index (κ1) is 17.0. The maximum absolute atomic E-state index is 4.57. The molecule has 2 aliphatic heterocycles. The standard InChI is InChI=1S/C19H34N4/c1-16-14-17(2)23(20-16)13-7-10-21(3)15-18-8-6-12-22-11-5-4-9-19(18)22/h14,18-19H,4-13,15H2,1-3H3/t18-,19+/m0/s1. The van der Waals surface area contributed by atoms with E-state index in [1.54, 1.807) is 0 Å². The Bertz CT molecular complexity index is 494. The van der Waals surface area contributed by atoms with Crippen LogP contribution in [0, 0.1) is 19.8 Å². The second-order valence-corrected chi connectivity index (χ2v) is 7.77. The van der Waals surface area contributed by atoms with Gasteiger partial charge in [-0.1, -0.05) is 6.42 Å². The van der Waals surface area contributed by atoms with Crippen molar-refractivity contribution in [1.29, 1.82) is 0 Å². The highest BCUT2D eigenvalue weighted by atomic mass is 15.3. The van der Waals surface area contributed by atoms with Crippen molar-refractivity contribution in [3.05, 3.63) is 17.5 Å². The van der Waals surface area contributed by atoms with Gasteiger partial charge in [0.1, 0.15) is 0 Å². The van der Waals surface area contributed by atoms with E-state index >= 15 is 0 Å². The topological polar surface area (TPSA) is 24.3 Å². The number of fused-ring (bicyclic) bond motifs is 1. The zero-order valence-corrected chi connectivity index (χ0v) is 15.3. The van der Waals surface area contributed by atoms with Gasteiger partial charge in [0.25, 0.3) is 0 Å². The van der Waals surface area contributed by atoms with E-state index in [0.717, 1.165) is 24.2 Å². The van der Waals surface area contributed by atoms with Crippen LogP contribution >= 0.6 is 0 Å². The Morgan fingerprint density at radius 1 is 1.17 bits per heavy atom. The fourth-order valence-electron chi connectivity index (χ4n) is 4.67. The van der Waals surface area contributed by atoms with E-state index < -0.39 is 0 Å². The Balaban J connectivity index is 1.43. The Morgan fingerprint density at radius 2 is 2.00 bits per heavy atom. The van der Waals surface area contributed by atoms with Crippen LogP contribution in [0.4, 0.5) is 0 Å². The summed E-state index contributed by atoms with van der Waals surface area (Å²) in [7, 11) is 2.31. The summed E-state index contributed by atoms with van der Waals surface area (Å²) in [5, 5.41) is 4.57. The Hall–Kier alpha value is -0.870. The minimum atomic E-state index is 0.871. The number of rotatable bonds is 6. The van der Waals surface area contributed by atoms with Gasteiger partial charge in [0.2, 0.25) is 0 Å². The van der Waals surface area contributed by atoms with Crippen LogP contribution in [0.15, 0.2) is 6.07 Å². The number of aromatic nitrogens is 2. The van der Waals surface area contributed by atoms with Crippen molar-refractivity contribution in [1.82, 2.24) is 19.6 Å². The molecular weight excluding hydrogens is 284 g/mol. The zero-order chi connectivity index (χ0) is 16.2. The molecule has 0 spiro atoms. The van der Waals surface area contributed by atoms with Crippen LogP contribution in [-0.4, -0.2) is 58.8 Å². The molecule has 0 bridgehead atoms. The third-order valence-electron chi connectivity index (χ3n) is 5.79. The molecule has 0 N–H and O–H groups in total. The molecule has 0 saturated carbocycles. The van der Waals surface area contributed by atoms with Gasteiger partial charge in [-0.15, -0.1) is 0 Å². The summed E-state index contributed by atoms with van der Waals surface area (Å²) >= 11 is 0. The predicted molar refractivity (Wildman–Crippen MR) is 95.8 cm³/mol. The minimum absolute atomic E-state index is 0.871. The fourth-order valence-corrected chi connectivity index (χ4v) is 4.67. The number of aryl methyl sites for hydroxylation is 3. The molecular formula is C19H34N4. The van der Waals surface area contributed by atoms with E-state index in [9.17, 15) is 0 Å². The molecule has 23 heavy (non-hydrogen) atoms. The average molecular weight is 319 g/mol. The molecule has 3 rings (SSSR count). The molecule has 0 aliphatic carbocycles. The Kier molecular flexibility index (Phi) is 5.76. The van der Waals surface area contributed by atoms with Crippen molar-refractivity contribution in [2.45, 2.75) is 65.0 Å². The summed E-state index contributed by atoms with van der Waals surface area (Å²) in [6.45, 7) is 10.4. The molecule has 3 heterocycles. The second-order valence-electron chi connectivity index (χ2n) is 7.77. The van der Waals surface area contributed by atoms with Gasteiger partial charge in [0.05, 0.1) is 5.69 Å². The Morgan fingerprint density at radius 3 is 2.78 bits per heavy atom. The van der Waals surface area contributed by atoms with Crippen LogP contribution in [0.1, 0.15) is 49.9 Å². The van der Waals surface area contributed by atoms with Gasteiger partial charge < -0.3 is 9.80 Å². The van der Waals surface area contributed by atoms with Gasteiger partial charge in [-0.05, 0) is 84.6 Å². The molecule has 2 saturated heterocycles. The average Bonchev–Trinajstić information content (AvgIpc) is 2.85. The lowest BCUT2D eigenvalue weighted by atomic mass is 9.83. The first-order valence-corrected chi connectivity index (χ1v) is 9.57. The summed E-state index contributed by atoms with van der Waals surface area (Å²) in [5.41, 5.74) is 2.42. The minimum Gasteiger partial charge on any atom is -0.306 e. The fraction of sp³-hybridized carbons (Fsp3) is 0.842. The maximum atomic E-state index is 4.57. The van der Waals surface area contributed by atoms with E-state index in [-0.39, 0.29) is 0 Å². The largest absolute Gasteiger partial charge is 0.306 e.